The van der Waals surface area contributed by atoms with Crippen molar-refractivity contribution in [2.75, 3.05) is 39.0 Å². The standard InChI is InChI=1S/C15H25N3O2S/c1-4-18-11-5-6-14(18)12-16-13-7-9-15(10-8-13)21(19,20)17(2)3/h7-10,14,16H,4-6,11-12H2,1-3H3. The zero-order chi connectivity index (χ0) is 15.5. The number of benzene rings is 1. The fraction of sp³-hybridized carbons (Fsp3) is 0.600. The maximum atomic E-state index is 12.0. The van der Waals surface area contributed by atoms with E-state index in [-0.39, 0.29) is 0 Å². The first kappa shape index (κ1) is 16.3. The van der Waals surface area contributed by atoms with Crippen molar-refractivity contribution >= 4 is 15.7 Å². The van der Waals surface area contributed by atoms with Crippen LogP contribution in [-0.4, -0.2) is 57.4 Å². The van der Waals surface area contributed by atoms with E-state index in [0.717, 1.165) is 18.8 Å². The summed E-state index contributed by atoms with van der Waals surface area (Å²) in [5.41, 5.74) is 0.968. The molecule has 0 bridgehead atoms. The Morgan fingerprint density at radius 1 is 1.29 bits per heavy atom. The largest absolute Gasteiger partial charge is 0.383 e. The first-order valence-electron chi connectivity index (χ1n) is 7.45. The van der Waals surface area contributed by atoms with E-state index in [2.05, 4.69) is 17.1 Å². The van der Waals surface area contributed by atoms with Crippen LogP contribution in [0.25, 0.3) is 0 Å². The number of likely N-dealkylation sites (tertiary alicyclic amines) is 1. The predicted octanol–water partition coefficient (Wildman–Crippen LogP) is 1.83. The molecule has 1 heterocycles. The minimum absolute atomic E-state index is 0.328. The summed E-state index contributed by atoms with van der Waals surface area (Å²) < 4.78 is 25.2. The average molecular weight is 311 g/mol. The van der Waals surface area contributed by atoms with Gasteiger partial charge in [-0.05, 0) is 50.2 Å². The first-order chi connectivity index (χ1) is 9.95. The number of nitrogens with zero attached hydrogens (tertiary/aromatic N) is 2. The normalized spacial score (nSPS) is 20.1. The molecule has 1 atom stereocenters. The van der Waals surface area contributed by atoms with Gasteiger partial charge in [0, 0.05) is 32.4 Å². The van der Waals surface area contributed by atoms with Gasteiger partial charge in [-0.15, -0.1) is 0 Å². The third-order valence-corrected chi connectivity index (χ3v) is 5.91. The zero-order valence-corrected chi connectivity index (χ0v) is 13.9. The van der Waals surface area contributed by atoms with E-state index >= 15 is 0 Å². The quantitative estimate of drug-likeness (QED) is 0.871. The lowest BCUT2D eigenvalue weighted by Gasteiger charge is -2.23. The molecule has 2 rings (SSSR count). The number of rotatable bonds is 6. The second-order valence-electron chi connectivity index (χ2n) is 5.62. The van der Waals surface area contributed by atoms with Crippen molar-refractivity contribution in [1.29, 1.82) is 0 Å². The van der Waals surface area contributed by atoms with Gasteiger partial charge in [0.1, 0.15) is 0 Å². The van der Waals surface area contributed by atoms with E-state index in [9.17, 15) is 8.42 Å². The lowest BCUT2D eigenvalue weighted by Crippen LogP contribution is -2.34. The van der Waals surface area contributed by atoms with Crippen LogP contribution in [-0.2, 0) is 10.0 Å². The Kier molecular flexibility index (Phi) is 5.24. The van der Waals surface area contributed by atoms with Crippen LogP contribution in [0.4, 0.5) is 5.69 Å². The molecule has 0 aromatic heterocycles. The van der Waals surface area contributed by atoms with E-state index in [1.165, 1.54) is 23.7 Å². The molecule has 0 aliphatic carbocycles. The minimum atomic E-state index is -3.34. The molecule has 1 aromatic carbocycles. The first-order valence-corrected chi connectivity index (χ1v) is 8.89. The van der Waals surface area contributed by atoms with Crippen LogP contribution >= 0.6 is 0 Å². The number of anilines is 1. The van der Waals surface area contributed by atoms with Crippen molar-refractivity contribution in [2.45, 2.75) is 30.7 Å². The van der Waals surface area contributed by atoms with Crippen molar-refractivity contribution in [2.24, 2.45) is 0 Å². The lowest BCUT2D eigenvalue weighted by atomic mass is 10.2. The third kappa shape index (κ3) is 3.75. The Balaban J connectivity index is 1.97. The number of hydrogen-bond acceptors (Lipinski definition) is 4. The molecule has 0 saturated carbocycles. The molecule has 1 fully saturated rings. The van der Waals surface area contributed by atoms with Crippen molar-refractivity contribution in [3.63, 3.8) is 0 Å². The number of sulfonamides is 1. The number of hydrogen-bond donors (Lipinski definition) is 1. The summed E-state index contributed by atoms with van der Waals surface area (Å²) in [7, 11) is -0.254. The summed E-state index contributed by atoms with van der Waals surface area (Å²) in [6, 6.07) is 7.57. The van der Waals surface area contributed by atoms with E-state index in [0.29, 0.717) is 10.9 Å². The van der Waals surface area contributed by atoms with Gasteiger partial charge >= 0.3 is 0 Å². The molecule has 1 aromatic rings. The molecule has 1 saturated heterocycles. The van der Waals surface area contributed by atoms with Crippen LogP contribution in [0.1, 0.15) is 19.8 Å². The second kappa shape index (κ2) is 6.77. The van der Waals surface area contributed by atoms with E-state index in [1.54, 1.807) is 26.2 Å². The molecule has 1 N–H and O–H groups in total. The maximum Gasteiger partial charge on any atom is 0.242 e. The number of nitrogens with one attached hydrogen (secondary N) is 1. The summed E-state index contributed by atoms with van der Waals surface area (Å²) in [6.07, 6.45) is 2.49. The summed E-state index contributed by atoms with van der Waals surface area (Å²) in [5, 5.41) is 3.41. The van der Waals surface area contributed by atoms with Crippen LogP contribution in [0.15, 0.2) is 29.2 Å². The molecular formula is C15H25N3O2S. The van der Waals surface area contributed by atoms with Gasteiger partial charge in [-0.2, -0.15) is 0 Å². The lowest BCUT2D eigenvalue weighted by molar-refractivity contribution is 0.277. The van der Waals surface area contributed by atoms with Gasteiger partial charge in [-0.1, -0.05) is 6.92 Å². The molecule has 0 spiro atoms. The van der Waals surface area contributed by atoms with Crippen molar-refractivity contribution in [3.05, 3.63) is 24.3 Å². The maximum absolute atomic E-state index is 12.0. The van der Waals surface area contributed by atoms with E-state index in [4.69, 9.17) is 0 Å². The van der Waals surface area contributed by atoms with E-state index < -0.39 is 10.0 Å². The van der Waals surface area contributed by atoms with Crippen LogP contribution in [0, 0.1) is 0 Å². The predicted molar refractivity (Wildman–Crippen MR) is 86.1 cm³/mol. The highest BCUT2D eigenvalue weighted by Crippen LogP contribution is 2.19. The summed E-state index contributed by atoms with van der Waals surface area (Å²) in [4.78, 5) is 2.81. The van der Waals surface area contributed by atoms with Gasteiger partial charge in [-0.25, -0.2) is 12.7 Å². The van der Waals surface area contributed by atoms with Crippen LogP contribution < -0.4 is 5.32 Å². The minimum Gasteiger partial charge on any atom is -0.383 e. The molecule has 0 radical (unpaired) electrons. The summed E-state index contributed by atoms with van der Waals surface area (Å²) >= 11 is 0. The molecule has 1 unspecified atom stereocenters. The fourth-order valence-electron chi connectivity index (χ4n) is 2.73. The zero-order valence-electron chi connectivity index (χ0n) is 13.0. The molecule has 21 heavy (non-hydrogen) atoms. The molecule has 1 aliphatic rings. The molecular weight excluding hydrogens is 286 g/mol. The highest BCUT2D eigenvalue weighted by molar-refractivity contribution is 7.89. The van der Waals surface area contributed by atoms with Gasteiger partial charge in [0.05, 0.1) is 4.90 Å². The Morgan fingerprint density at radius 2 is 1.95 bits per heavy atom. The van der Waals surface area contributed by atoms with Gasteiger partial charge in [0.25, 0.3) is 0 Å². The van der Waals surface area contributed by atoms with Gasteiger partial charge < -0.3 is 5.32 Å². The highest BCUT2D eigenvalue weighted by atomic mass is 32.2. The Bertz CT molecular complexity index is 555. The Labute approximate surface area is 128 Å². The van der Waals surface area contributed by atoms with E-state index in [1.807, 2.05) is 12.1 Å². The monoisotopic (exact) mass is 311 g/mol. The Hall–Kier alpha value is -1.11. The highest BCUT2D eigenvalue weighted by Gasteiger charge is 2.22. The van der Waals surface area contributed by atoms with Crippen molar-refractivity contribution < 1.29 is 8.42 Å². The second-order valence-corrected chi connectivity index (χ2v) is 7.77. The van der Waals surface area contributed by atoms with Gasteiger partial charge in [0.15, 0.2) is 0 Å². The molecule has 118 valence electrons. The number of likely N-dealkylation sites (N-methyl/N-ethyl adjacent to an activating group) is 1. The van der Waals surface area contributed by atoms with Crippen molar-refractivity contribution in [3.8, 4) is 0 Å². The fourth-order valence-corrected chi connectivity index (χ4v) is 3.64. The summed E-state index contributed by atoms with van der Waals surface area (Å²) in [6.45, 7) is 5.38. The van der Waals surface area contributed by atoms with Crippen LogP contribution in [0.2, 0.25) is 0 Å². The third-order valence-electron chi connectivity index (χ3n) is 4.08. The summed E-state index contributed by atoms with van der Waals surface area (Å²) in [5.74, 6) is 0. The SMILES string of the molecule is CCN1CCCC1CNc1ccc(S(=O)(=O)N(C)C)cc1. The van der Waals surface area contributed by atoms with Crippen LogP contribution in [0.5, 0.6) is 0 Å². The molecule has 0 amide bonds. The topological polar surface area (TPSA) is 52.7 Å². The Morgan fingerprint density at radius 3 is 2.52 bits per heavy atom. The molecule has 6 heteroatoms. The molecule has 5 nitrogen and oxygen atoms in total. The van der Waals surface area contributed by atoms with Gasteiger partial charge in [-0.3, -0.25) is 4.90 Å². The smallest absolute Gasteiger partial charge is 0.242 e. The van der Waals surface area contributed by atoms with Crippen LogP contribution in [0.3, 0.4) is 0 Å². The van der Waals surface area contributed by atoms with Crippen molar-refractivity contribution in [1.82, 2.24) is 9.21 Å². The van der Waals surface area contributed by atoms with Gasteiger partial charge in [0.2, 0.25) is 10.0 Å². The average Bonchev–Trinajstić information content (AvgIpc) is 2.92. The molecule has 1 aliphatic heterocycles.